The van der Waals surface area contributed by atoms with Gasteiger partial charge in [0, 0.05) is 49.8 Å². The van der Waals surface area contributed by atoms with E-state index in [1.54, 1.807) is 30.0 Å². The molecule has 2 atom stereocenters. The second-order valence-corrected chi connectivity index (χ2v) is 11.1. The highest BCUT2D eigenvalue weighted by molar-refractivity contribution is 5.72. The molecular weight excluding hydrogens is 524 g/mol. The summed E-state index contributed by atoms with van der Waals surface area (Å²) in [6, 6.07) is 15.7. The summed E-state index contributed by atoms with van der Waals surface area (Å²) in [5.41, 5.74) is 1.63. The van der Waals surface area contributed by atoms with Gasteiger partial charge in [-0.1, -0.05) is 43.3 Å². The van der Waals surface area contributed by atoms with Crippen molar-refractivity contribution in [2.45, 2.75) is 57.2 Å². The number of likely N-dealkylation sites (tertiary alicyclic amines) is 1. The number of non-ortho nitro benzene ring substituents is 1. The molecule has 0 aliphatic carbocycles. The third-order valence-corrected chi connectivity index (χ3v) is 8.14. The van der Waals surface area contributed by atoms with Crippen LogP contribution in [0.3, 0.4) is 0 Å². The first-order valence-electron chi connectivity index (χ1n) is 14.0. The van der Waals surface area contributed by atoms with E-state index in [4.69, 9.17) is 4.74 Å². The Bertz CT molecular complexity index is 1170. The van der Waals surface area contributed by atoms with Gasteiger partial charge in [0.1, 0.15) is 12.6 Å². The van der Waals surface area contributed by atoms with Crippen molar-refractivity contribution in [2.75, 3.05) is 39.8 Å². The van der Waals surface area contributed by atoms with Crippen LogP contribution in [0.15, 0.2) is 67.3 Å². The van der Waals surface area contributed by atoms with Crippen LogP contribution >= 0.6 is 0 Å². The van der Waals surface area contributed by atoms with Crippen molar-refractivity contribution in [1.29, 1.82) is 0 Å². The molecule has 1 aliphatic rings. The summed E-state index contributed by atoms with van der Waals surface area (Å²) in [6.45, 7) is 11.3. The molecule has 1 N–H and O–H groups in total. The summed E-state index contributed by atoms with van der Waals surface area (Å²) in [5, 5.41) is 20.4. The third kappa shape index (κ3) is 8.86. The molecule has 0 radical (unpaired) electrons. The molecule has 1 saturated heterocycles. The standard InChI is InChI=1S/C31H42N4O6/c1-5-18-34(30(38)41-22-25-11-13-28(14-12-25)35(39)40)27-15-19-33(20-16-27)21-17-31(3,26-9-7-6-8-10-26)23-32(4)24(2)29(36)37/h5-14,24,27H,1,15-23H2,2-4H3,(H,36,37)/t24-,31-/m1/s1. The highest BCUT2D eigenvalue weighted by Crippen LogP contribution is 2.30. The summed E-state index contributed by atoms with van der Waals surface area (Å²) in [6.07, 6.45) is 3.75. The van der Waals surface area contributed by atoms with Crippen LogP contribution in [0, 0.1) is 10.1 Å². The fourth-order valence-corrected chi connectivity index (χ4v) is 5.34. The Morgan fingerprint density at radius 3 is 2.39 bits per heavy atom. The van der Waals surface area contributed by atoms with Crippen LogP contribution in [0.4, 0.5) is 10.5 Å². The predicted molar refractivity (Wildman–Crippen MR) is 158 cm³/mol. The Hall–Kier alpha value is -3.76. The van der Waals surface area contributed by atoms with E-state index in [2.05, 4.69) is 30.5 Å². The van der Waals surface area contributed by atoms with Crippen molar-refractivity contribution in [3.05, 3.63) is 88.5 Å². The Labute approximate surface area is 242 Å². The third-order valence-electron chi connectivity index (χ3n) is 8.14. The number of benzene rings is 2. The maximum atomic E-state index is 13.0. The second kappa shape index (κ2) is 14.7. The lowest BCUT2D eigenvalue weighted by atomic mass is 9.78. The number of likely N-dealkylation sites (N-methyl/N-ethyl adjacent to an activating group) is 1. The molecule has 1 heterocycles. The number of carbonyl (C=O) groups is 2. The molecule has 0 saturated carbocycles. The van der Waals surface area contributed by atoms with Gasteiger partial charge >= 0.3 is 12.1 Å². The van der Waals surface area contributed by atoms with E-state index in [-0.39, 0.29) is 23.8 Å². The van der Waals surface area contributed by atoms with Gasteiger partial charge in [0.15, 0.2) is 0 Å². The number of carboxylic acids is 1. The summed E-state index contributed by atoms with van der Waals surface area (Å²) >= 11 is 0. The summed E-state index contributed by atoms with van der Waals surface area (Å²) in [4.78, 5) is 41.0. The van der Waals surface area contributed by atoms with Gasteiger partial charge in [0.05, 0.1) is 4.92 Å². The van der Waals surface area contributed by atoms with E-state index >= 15 is 0 Å². The average Bonchev–Trinajstić information content (AvgIpc) is 2.98. The Balaban J connectivity index is 1.56. The number of nitro benzene ring substituents is 1. The lowest BCUT2D eigenvalue weighted by molar-refractivity contribution is -0.384. The molecule has 0 spiro atoms. The van der Waals surface area contributed by atoms with Gasteiger partial charge in [-0.25, -0.2) is 4.79 Å². The Morgan fingerprint density at radius 2 is 1.83 bits per heavy atom. The quantitative estimate of drug-likeness (QED) is 0.194. The number of piperidine rings is 1. The number of carbonyl (C=O) groups excluding carboxylic acids is 1. The van der Waals surface area contributed by atoms with Gasteiger partial charge < -0.3 is 19.6 Å². The zero-order chi connectivity index (χ0) is 30.0. The van der Waals surface area contributed by atoms with E-state index in [0.29, 0.717) is 18.7 Å². The molecule has 2 aromatic carbocycles. The molecule has 1 amide bonds. The smallest absolute Gasteiger partial charge is 0.410 e. The molecular formula is C31H42N4O6. The van der Waals surface area contributed by atoms with E-state index in [9.17, 15) is 24.8 Å². The van der Waals surface area contributed by atoms with Gasteiger partial charge in [-0.15, -0.1) is 6.58 Å². The highest BCUT2D eigenvalue weighted by Gasteiger charge is 2.33. The minimum atomic E-state index is -0.833. The largest absolute Gasteiger partial charge is 0.480 e. The van der Waals surface area contributed by atoms with Crippen molar-refractivity contribution >= 4 is 17.7 Å². The molecule has 3 rings (SSSR count). The monoisotopic (exact) mass is 566 g/mol. The highest BCUT2D eigenvalue weighted by atomic mass is 16.6. The van der Waals surface area contributed by atoms with E-state index in [1.165, 1.54) is 17.7 Å². The van der Waals surface area contributed by atoms with Gasteiger partial charge in [-0.2, -0.15) is 0 Å². The van der Waals surface area contributed by atoms with Crippen LogP contribution in [0.2, 0.25) is 0 Å². The van der Waals surface area contributed by atoms with Crippen LogP contribution in [0.5, 0.6) is 0 Å². The van der Waals surface area contributed by atoms with E-state index in [1.807, 2.05) is 30.1 Å². The SMILES string of the molecule is C=CCN(C(=O)OCc1ccc([N+](=O)[O-])cc1)C1CCN(CC[C@](C)(CN(C)[C@H](C)C(=O)O)c2ccccc2)CC1. The predicted octanol–water partition coefficient (Wildman–Crippen LogP) is 4.94. The molecule has 10 nitrogen and oxygen atoms in total. The van der Waals surface area contributed by atoms with Crippen molar-refractivity contribution in [2.24, 2.45) is 0 Å². The zero-order valence-corrected chi connectivity index (χ0v) is 24.3. The van der Waals surface area contributed by atoms with Crippen LogP contribution in [0.25, 0.3) is 0 Å². The summed E-state index contributed by atoms with van der Waals surface area (Å²) in [7, 11) is 1.86. The number of amides is 1. The van der Waals surface area contributed by atoms with Crippen LogP contribution in [-0.4, -0.2) is 88.6 Å². The fraction of sp³-hybridized carbons (Fsp3) is 0.484. The maximum absolute atomic E-state index is 13.0. The Kier molecular flexibility index (Phi) is 11.4. The normalized spacial score (nSPS) is 16.5. The maximum Gasteiger partial charge on any atom is 0.410 e. The number of hydrogen-bond donors (Lipinski definition) is 1. The van der Waals surface area contributed by atoms with Crippen molar-refractivity contribution in [3.8, 4) is 0 Å². The van der Waals surface area contributed by atoms with E-state index < -0.39 is 23.0 Å². The van der Waals surface area contributed by atoms with Crippen LogP contribution < -0.4 is 0 Å². The number of hydrogen-bond acceptors (Lipinski definition) is 7. The zero-order valence-electron chi connectivity index (χ0n) is 24.3. The molecule has 1 fully saturated rings. The fourth-order valence-electron chi connectivity index (χ4n) is 5.34. The molecule has 0 bridgehead atoms. The van der Waals surface area contributed by atoms with Crippen LogP contribution in [-0.2, 0) is 21.6 Å². The van der Waals surface area contributed by atoms with Gasteiger partial charge in [0.25, 0.3) is 5.69 Å². The molecule has 1 aliphatic heterocycles. The summed E-state index contributed by atoms with van der Waals surface area (Å²) < 4.78 is 5.55. The second-order valence-electron chi connectivity index (χ2n) is 11.1. The number of aliphatic carboxylic acids is 1. The van der Waals surface area contributed by atoms with E-state index in [0.717, 1.165) is 38.9 Å². The topological polar surface area (TPSA) is 116 Å². The molecule has 41 heavy (non-hydrogen) atoms. The number of rotatable bonds is 14. The lowest BCUT2D eigenvalue weighted by Crippen LogP contribution is -2.49. The van der Waals surface area contributed by atoms with Crippen molar-refractivity contribution < 1.29 is 24.4 Å². The average molecular weight is 567 g/mol. The van der Waals surface area contributed by atoms with Gasteiger partial charge in [0.2, 0.25) is 0 Å². The van der Waals surface area contributed by atoms with Crippen LogP contribution in [0.1, 0.15) is 44.2 Å². The van der Waals surface area contributed by atoms with Crippen molar-refractivity contribution in [1.82, 2.24) is 14.7 Å². The minimum absolute atomic E-state index is 0.00829. The number of ether oxygens (including phenoxy) is 1. The molecule has 0 aromatic heterocycles. The first-order valence-corrected chi connectivity index (χ1v) is 14.0. The molecule has 222 valence electrons. The molecule has 2 aromatic rings. The van der Waals surface area contributed by atoms with Crippen molar-refractivity contribution in [3.63, 3.8) is 0 Å². The Morgan fingerprint density at radius 1 is 1.20 bits per heavy atom. The molecule has 0 unspecified atom stereocenters. The minimum Gasteiger partial charge on any atom is -0.480 e. The number of carboxylic acid groups (broad SMARTS) is 1. The number of nitro groups is 1. The molecule has 10 heteroatoms. The first-order chi connectivity index (χ1) is 19.5. The summed E-state index contributed by atoms with van der Waals surface area (Å²) in [5.74, 6) is -0.833. The first kappa shape index (κ1) is 31.8. The van der Waals surface area contributed by atoms with Gasteiger partial charge in [-0.3, -0.25) is 19.8 Å². The number of nitrogens with zero attached hydrogens (tertiary/aromatic N) is 4. The van der Waals surface area contributed by atoms with Gasteiger partial charge in [-0.05, 0) is 63.0 Å². The lowest BCUT2D eigenvalue weighted by Gasteiger charge is -2.40.